The number of para-hydroxylation sites is 2. The van der Waals surface area contributed by atoms with Crippen molar-refractivity contribution in [3.63, 3.8) is 0 Å². The second-order valence-corrected chi connectivity index (χ2v) is 5.11. The van der Waals surface area contributed by atoms with Crippen molar-refractivity contribution in [2.75, 3.05) is 36.5 Å². The number of aromatic nitrogens is 1. The molecule has 1 saturated heterocycles. The summed E-state index contributed by atoms with van der Waals surface area (Å²) >= 11 is 0. The number of morpholine rings is 1. The van der Waals surface area contributed by atoms with Crippen molar-refractivity contribution in [2.45, 2.75) is 0 Å². The zero-order valence-electron chi connectivity index (χ0n) is 12.5. The van der Waals surface area contributed by atoms with E-state index in [1.165, 1.54) is 12.3 Å². The lowest BCUT2D eigenvalue weighted by Crippen LogP contribution is -2.36. The van der Waals surface area contributed by atoms with E-state index >= 15 is 0 Å². The van der Waals surface area contributed by atoms with Gasteiger partial charge in [-0.2, -0.15) is 5.26 Å². The van der Waals surface area contributed by atoms with Crippen molar-refractivity contribution in [3.05, 3.63) is 53.9 Å². The molecule has 2 heterocycles. The van der Waals surface area contributed by atoms with Crippen molar-refractivity contribution in [2.24, 2.45) is 0 Å². The first-order chi connectivity index (χ1) is 11.3. The predicted molar refractivity (Wildman–Crippen MR) is 86.4 cm³/mol. The van der Waals surface area contributed by atoms with Gasteiger partial charge in [0.2, 0.25) is 0 Å². The Bertz CT molecular complexity index is 731. The third-order valence-electron chi connectivity index (χ3n) is 3.64. The van der Waals surface area contributed by atoms with Gasteiger partial charge in [-0.05, 0) is 24.3 Å². The second-order valence-electron chi connectivity index (χ2n) is 5.11. The Kier molecular flexibility index (Phi) is 4.50. The Hall–Kier alpha value is -2.91. The van der Waals surface area contributed by atoms with Crippen LogP contribution in [-0.4, -0.2) is 37.2 Å². The molecular weight excluding hydrogens is 292 g/mol. The van der Waals surface area contributed by atoms with E-state index in [1.54, 1.807) is 6.07 Å². The Balaban J connectivity index is 1.79. The molecule has 0 bridgehead atoms. The average molecular weight is 308 g/mol. The summed E-state index contributed by atoms with van der Waals surface area (Å²) in [6.45, 7) is 2.96. The lowest BCUT2D eigenvalue weighted by atomic mass is 10.2. The summed E-state index contributed by atoms with van der Waals surface area (Å²) in [5, 5.41) is 11.7. The summed E-state index contributed by atoms with van der Waals surface area (Å²) in [6, 6.07) is 12.8. The molecule has 0 atom stereocenters. The molecule has 1 aromatic heterocycles. The highest BCUT2D eigenvalue weighted by atomic mass is 16.5. The van der Waals surface area contributed by atoms with Crippen LogP contribution in [0.4, 0.5) is 11.4 Å². The number of hydrogen-bond acceptors (Lipinski definition) is 5. The van der Waals surface area contributed by atoms with E-state index in [4.69, 9.17) is 10.00 Å². The van der Waals surface area contributed by atoms with Crippen LogP contribution < -0.4 is 10.2 Å². The third kappa shape index (κ3) is 3.47. The fraction of sp³-hybridized carbons (Fsp3) is 0.235. The summed E-state index contributed by atoms with van der Waals surface area (Å²) in [6.07, 6.45) is 1.41. The van der Waals surface area contributed by atoms with E-state index in [0.29, 0.717) is 18.8 Å². The van der Waals surface area contributed by atoms with Crippen LogP contribution in [0.1, 0.15) is 16.1 Å². The number of amides is 1. The first-order valence-electron chi connectivity index (χ1n) is 7.37. The normalized spacial score (nSPS) is 14.1. The molecule has 0 unspecified atom stereocenters. The molecule has 1 aliphatic heterocycles. The Labute approximate surface area is 134 Å². The van der Waals surface area contributed by atoms with Crippen molar-refractivity contribution in [3.8, 4) is 6.07 Å². The van der Waals surface area contributed by atoms with Crippen LogP contribution in [0, 0.1) is 11.3 Å². The summed E-state index contributed by atoms with van der Waals surface area (Å²) in [5.74, 6) is -0.248. The monoisotopic (exact) mass is 308 g/mol. The van der Waals surface area contributed by atoms with Crippen LogP contribution in [0.3, 0.4) is 0 Å². The van der Waals surface area contributed by atoms with Crippen LogP contribution in [0.5, 0.6) is 0 Å². The predicted octanol–water partition coefficient (Wildman–Crippen LogP) is 2.04. The fourth-order valence-corrected chi connectivity index (χ4v) is 2.45. The Morgan fingerprint density at radius 3 is 2.70 bits per heavy atom. The zero-order chi connectivity index (χ0) is 16.1. The number of nitriles is 1. The molecule has 6 heteroatoms. The standard InChI is InChI=1S/C17H16N4O2/c18-11-14-6-5-13(12-19-14)17(22)20-15-3-1-2-4-16(15)21-7-9-23-10-8-21/h1-6,12H,7-10H2,(H,20,22). The molecule has 1 amide bonds. The van der Waals surface area contributed by atoms with Gasteiger partial charge in [-0.25, -0.2) is 4.98 Å². The van der Waals surface area contributed by atoms with Crippen LogP contribution in [0.15, 0.2) is 42.6 Å². The average Bonchev–Trinajstić information content (AvgIpc) is 2.63. The largest absolute Gasteiger partial charge is 0.378 e. The highest BCUT2D eigenvalue weighted by Crippen LogP contribution is 2.26. The maximum atomic E-state index is 12.4. The molecule has 116 valence electrons. The third-order valence-corrected chi connectivity index (χ3v) is 3.64. The van der Waals surface area contributed by atoms with Gasteiger partial charge in [-0.3, -0.25) is 4.79 Å². The number of benzene rings is 1. The van der Waals surface area contributed by atoms with Gasteiger partial charge in [-0.1, -0.05) is 12.1 Å². The summed E-state index contributed by atoms with van der Waals surface area (Å²) < 4.78 is 5.37. The van der Waals surface area contributed by atoms with E-state index in [2.05, 4.69) is 15.2 Å². The minimum absolute atomic E-state index is 0.248. The molecule has 1 fully saturated rings. The van der Waals surface area contributed by atoms with Gasteiger partial charge < -0.3 is 15.0 Å². The van der Waals surface area contributed by atoms with Crippen LogP contribution in [0.2, 0.25) is 0 Å². The number of nitrogens with zero attached hydrogens (tertiary/aromatic N) is 3. The van der Waals surface area contributed by atoms with Crippen LogP contribution in [0.25, 0.3) is 0 Å². The molecule has 1 N–H and O–H groups in total. The van der Waals surface area contributed by atoms with Gasteiger partial charge in [0, 0.05) is 19.3 Å². The van der Waals surface area contributed by atoms with Gasteiger partial charge in [0.25, 0.3) is 5.91 Å². The highest BCUT2D eigenvalue weighted by molar-refractivity contribution is 6.05. The van der Waals surface area contributed by atoms with Gasteiger partial charge in [-0.15, -0.1) is 0 Å². The first-order valence-corrected chi connectivity index (χ1v) is 7.37. The molecule has 0 radical (unpaired) electrons. The molecule has 0 aliphatic carbocycles. The number of rotatable bonds is 3. The first kappa shape index (κ1) is 15.0. The SMILES string of the molecule is N#Cc1ccc(C(=O)Nc2ccccc2N2CCOCC2)cn1. The van der Waals surface area contributed by atoms with Crippen LogP contribution >= 0.6 is 0 Å². The van der Waals surface area contributed by atoms with E-state index in [1.807, 2.05) is 30.3 Å². The van der Waals surface area contributed by atoms with Crippen molar-refractivity contribution in [1.29, 1.82) is 5.26 Å². The number of ether oxygens (including phenoxy) is 1. The molecule has 0 spiro atoms. The molecule has 6 nitrogen and oxygen atoms in total. The lowest BCUT2D eigenvalue weighted by Gasteiger charge is -2.30. The lowest BCUT2D eigenvalue weighted by molar-refractivity contribution is 0.102. The number of carbonyl (C=O) groups is 1. The Morgan fingerprint density at radius 1 is 1.22 bits per heavy atom. The minimum Gasteiger partial charge on any atom is -0.378 e. The molecule has 23 heavy (non-hydrogen) atoms. The zero-order valence-corrected chi connectivity index (χ0v) is 12.5. The fourth-order valence-electron chi connectivity index (χ4n) is 2.45. The highest BCUT2D eigenvalue weighted by Gasteiger charge is 2.16. The number of anilines is 2. The molecule has 1 aromatic carbocycles. The van der Waals surface area contributed by atoms with Gasteiger partial charge in [0.15, 0.2) is 0 Å². The second kappa shape index (κ2) is 6.90. The minimum atomic E-state index is -0.248. The smallest absolute Gasteiger partial charge is 0.257 e. The van der Waals surface area contributed by atoms with Crippen molar-refractivity contribution >= 4 is 17.3 Å². The summed E-state index contributed by atoms with van der Waals surface area (Å²) in [5.41, 5.74) is 2.44. The van der Waals surface area contributed by atoms with E-state index in [9.17, 15) is 4.79 Å². The number of hydrogen-bond donors (Lipinski definition) is 1. The number of carbonyl (C=O) groups excluding carboxylic acids is 1. The number of nitrogens with one attached hydrogen (secondary N) is 1. The molecule has 3 rings (SSSR count). The van der Waals surface area contributed by atoms with Gasteiger partial charge in [0.05, 0.1) is 30.2 Å². The van der Waals surface area contributed by atoms with Crippen LogP contribution in [-0.2, 0) is 4.74 Å². The maximum absolute atomic E-state index is 12.4. The van der Waals surface area contributed by atoms with Crippen molar-refractivity contribution in [1.82, 2.24) is 4.98 Å². The summed E-state index contributed by atoms with van der Waals surface area (Å²) in [4.78, 5) is 18.5. The molecule has 2 aromatic rings. The van der Waals surface area contributed by atoms with Crippen molar-refractivity contribution < 1.29 is 9.53 Å². The molecule has 1 aliphatic rings. The van der Waals surface area contributed by atoms with E-state index < -0.39 is 0 Å². The quantitative estimate of drug-likeness (QED) is 0.939. The van der Waals surface area contributed by atoms with Gasteiger partial charge >= 0.3 is 0 Å². The molecular formula is C17H16N4O2. The molecule has 0 saturated carbocycles. The van der Waals surface area contributed by atoms with E-state index in [0.717, 1.165) is 24.5 Å². The summed E-state index contributed by atoms with van der Waals surface area (Å²) in [7, 11) is 0. The van der Waals surface area contributed by atoms with Gasteiger partial charge in [0.1, 0.15) is 11.8 Å². The maximum Gasteiger partial charge on any atom is 0.257 e. The topological polar surface area (TPSA) is 78.2 Å². The van der Waals surface area contributed by atoms with E-state index in [-0.39, 0.29) is 11.6 Å². The number of pyridine rings is 1. The Morgan fingerprint density at radius 2 is 2.00 bits per heavy atom.